The van der Waals surface area contributed by atoms with Crippen LogP contribution >= 0.6 is 0 Å². The first-order valence-electron chi connectivity index (χ1n) is 12.6. The second-order valence-corrected chi connectivity index (χ2v) is 9.92. The van der Waals surface area contributed by atoms with Crippen molar-refractivity contribution in [1.29, 1.82) is 0 Å². The minimum Gasteiger partial charge on any atom is -0.392 e. The van der Waals surface area contributed by atoms with E-state index in [0.29, 0.717) is 11.8 Å². The van der Waals surface area contributed by atoms with E-state index in [1.54, 1.807) is 5.57 Å². The maximum Gasteiger partial charge on any atom is 0.0721 e. The van der Waals surface area contributed by atoms with Gasteiger partial charge in [-0.25, -0.2) is 0 Å². The lowest BCUT2D eigenvalue weighted by Crippen LogP contribution is -2.30. The van der Waals surface area contributed by atoms with E-state index in [1.807, 2.05) is 6.08 Å². The number of unbranched alkanes of at least 4 members (excludes halogenated alkanes) is 4. The van der Waals surface area contributed by atoms with Gasteiger partial charge in [0.1, 0.15) is 0 Å². The van der Waals surface area contributed by atoms with Crippen LogP contribution in [0.25, 0.3) is 0 Å². The highest BCUT2D eigenvalue weighted by Crippen LogP contribution is 2.50. The van der Waals surface area contributed by atoms with Crippen molar-refractivity contribution >= 4 is 0 Å². The van der Waals surface area contributed by atoms with Gasteiger partial charge in [0.25, 0.3) is 0 Å². The predicted octanol–water partition coefficient (Wildman–Crippen LogP) is 5.47. The quantitative estimate of drug-likeness (QED) is 0.355. The summed E-state index contributed by atoms with van der Waals surface area (Å²) in [5.41, 5.74) is 1.63. The Labute approximate surface area is 179 Å². The molecule has 0 unspecified atom stereocenters. The maximum atomic E-state index is 10.5. The average Bonchev–Trinajstić information content (AvgIpc) is 3.23. The number of hydrogen-bond acceptors (Lipinski definition) is 3. The highest BCUT2D eigenvalue weighted by Gasteiger charge is 2.44. The molecule has 29 heavy (non-hydrogen) atoms. The fourth-order valence-corrected chi connectivity index (χ4v) is 5.86. The Kier molecular flexibility index (Phi) is 9.75. The summed E-state index contributed by atoms with van der Waals surface area (Å²) >= 11 is 0. The van der Waals surface area contributed by atoms with Gasteiger partial charge < -0.3 is 15.1 Å². The Balaban J connectivity index is 1.38. The fourth-order valence-electron chi connectivity index (χ4n) is 5.86. The summed E-state index contributed by atoms with van der Waals surface area (Å²) < 4.78 is 0. The lowest BCUT2D eigenvalue weighted by atomic mass is 9.90. The summed E-state index contributed by atoms with van der Waals surface area (Å²) in [5, 5.41) is 20.7. The smallest absolute Gasteiger partial charge is 0.0721 e. The molecule has 3 heteroatoms. The van der Waals surface area contributed by atoms with E-state index in [-0.39, 0.29) is 18.1 Å². The van der Waals surface area contributed by atoms with Crippen LogP contribution in [0.3, 0.4) is 0 Å². The van der Waals surface area contributed by atoms with Crippen LogP contribution in [0.4, 0.5) is 0 Å². The first kappa shape index (κ1) is 23.0. The van der Waals surface area contributed by atoms with Crippen LogP contribution in [0.5, 0.6) is 0 Å². The Morgan fingerprint density at radius 2 is 1.90 bits per heavy atom. The molecule has 1 heterocycles. The monoisotopic (exact) mass is 403 g/mol. The zero-order valence-corrected chi connectivity index (χ0v) is 18.8. The van der Waals surface area contributed by atoms with Gasteiger partial charge >= 0.3 is 0 Å². The van der Waals surface area contributed by atoms with Gasteiger partial charge in [-0.2, -0.15) is 0 Å². The van der Waals surface area contributed by atoms with Crippen LogP contribution < -0.4 is 0 Å². The number of rotatable bonds is 11. The van der Waals surface area contributed by atoms with Crippen molar-refractivity contribution in [2.24, 2.45) is 17.8 Å². The zero-order valence-electron chi connectivity index (χ0n) is 18.8. The van der Waals surface area contributed by atoms with Crippen molar-refractivity contribution in [1.82, 2.24) is 4.90 Å². The van der Waals surface area contributed by atoms with E-state index in [4.69, 9.17) is 0 Å². The summed E-state index contributed by atoms with van der Waals surface area (Å²) in [6.07, 6.45) is 21.8. The van der Waals surface area contributed by atoms with Crippen LogP contribution in [0.1, 0.15) is 90.4 Å². The van der Waals surface area contributed by atoms with Crippen LogP contribution in [0, 0.1) is 17.8 Å². The summed E-state index contributed by atoms with van der Waals surface area (Å²) in [5.74, 6) is 1.48. The van der Waals surface area contributed by atoms with E-state index in [0.717, 1.165) is 25.7 Å². The molecule has 2 saturated carbocycles. The van der Waals surface area contributed by atoms with Crippen molar-refractivity contribution in [2.45, 2.75) is 103 Å². The number of allylic oxidation sites excluding steroid dienone is 2. The molecule has 2 aliphatic carbocycles. The van der Waals surface area contributed by atoms with Crippen molar-refractivity contribution in [2.75, 3.05) is 19.6 Å². The molecule has 0 radical (unpaired) electrons. The Bertz CT molecular complexity index is 523. The highest BCUT2D eigenvalue weighted by atomic mass is 16.3. The average molecular weight is 404 g/mol. The molecule has 0 aromatic rings. The normalized spacial score (nSPS) is 33.0. The molecule has 0 amide bonds. The molecule has 3 aliphatic rings. The molecule has 3 nitrogen and oxygen atoms in total. The number of aliphatic hydroxyl groups excluding tert-OH is 2. The van der Waals surface area contributed by atoms with Crippen LogP contribution in [-0.4, -0.2) is 47.0 Å². The highest BCUT2D eigenvalue weighted by molar-refractivity contribution is 5.18. The van der Waals surface area contributed by atoms with Crippen molar-refractivity contribution in [3.63, 3.8) is 0 Å². The summed E-state index contributed by atoms with van der Waals surface area (Å²) in [7, 11) is 0. The van der Waals surface area contributed by atoms with Crippen LogP contribution in [0.2, 0.25) is 0 Å². The predicted molar refractivity (Wildman–Crippen MR) is 122 cm³/mol. The third kappa shape index (κ3) is 7.22. The minimum atomic E-state index is -0.343. The molecule has 2 N–H and O–H groups in total. The van der Waals surface area contributed by atoms with E-state index >= 15 is 0 Å². The molecule has 0 bridgehead atoms. The summed E-state index contributed by atoms with van der Waals surface area (Å²) in [4.78, 5) is 2.64. The van der Waals surface area contributed by atoms with E-state index in [1.165, 1.54) is 77.4 Å². The molecule has 0 spiro atoms. The van der Waals surface area contributed by atoms with Crippen LogP contribution in [0.15, 0.2) is 23.8 Å². The number of piperidine rings is 1. The first-order chi connectivity index (χ1) is 14.2. The van der Waals surface area contributed by atoms with Gasteiger partial charge in [0, 0.05) is 5.92 Å². The number of fused-ring (bicyclic) bond motifs is 1. The molecule has 5 atom stereocenters. The zero-order chi connectivity index (χ0) is 20.5. The van der Waals surface area contributed by atoms with Gasteiger partial charge in [-0.05, 0) is 89.3 Å². The van der Waals surface area contributed by atoms with E-state index < -0.39 is 0 Å². The minimum absolute atomic E-state index is 0.213. The van der Waals surface area contributed by atoms with Crippen LogP contribution in [-0.2, 0) is 0 Å². The second kappa shape index (κ2) is 12.3. The van der Waals surface area contributed by atoms with Gasteiger partial charge in [0.15, 0.2) is 0 Å². The third-order valence-corrected chi connectivity index (χ3v) is 7.58. The number of likely N-dealkylation sites (tertiary alicyclic amines) is 1. The number of hydrogen-bond donors (Lipinski definition) is 2. The third-order valence-electron chi connectivity index (χ3n) is 7.58. The molecule has 0 aromatic heterocycles. The maximum absolute atomic E-state index is 10.5. The van der Waals surface area contributed by atoms with E-state index in [9.17, 15) is 10.2 Å². The standard InChI is InChI=1S/C26H45NO2/c1-2-3-6-12-23(28)13-14-24-25-19-21(18-22(25)20-26(24)29)11-7-4-8-15-27-16-9-5-10-17-27/h11,13-14,22-26,28-29H,2-10,12,15-20H2,1H3/t22-,23-,24+,25-,26+/m0/s1. The Morgan fingerprint density at radius 1 is 1.07 bits per heavy atom. The van der Waals surface area contributed by atoms with Crippen molar-refractivity contribution in [3.8, 4) is 0 Å². The number of nitrogens with zero attached hydrogens (tertiary/aromatic N) is 1. The molecule has 3 fully saturated rings. The number of aliphatic hydroxyl groups is 2. The van der Waals surface area contributed by atoms with Gasteiger partial charge in [-0.15, -0.1) is 0 Å². The van der Waals surface area contributed by atoms with Gasteiger partial charge in [0.2, 0.25) is 0 Å². The lowest BCUT2D eigenvalue weighted by molar-refractivity contribution is 0.139. The lowest BCUT2D eigenvalue weighted by Gasteiger charge is -2.26. The molecule has 1 aliphatic heterocycles. The molecular formula is C26H45NO2. The molecular weight excluding hydrogens is 358 g/mol. The summed E-state index contributed by atoms with van der Waals surface area (Å²) in [6.45, 7) is 6.11. The topological polar surface area (TPSA) is 43.7 Å². The molecule has 166 valence electrons. The molecule has 3 rings (SSSR count). The molecule has 0 aromatic carbocycles. The SMILES string of the molecule is CCCCC[C@H](O)C=C[C@@H]1[C@H]2CC(=CCCCCN3CCCCC3)C[C@H]2C[C@H]1O. The van der Waals surface area contributed by atoms with Gasteiger partial charge in [-0.1, -0.05) is 56.4 Å². The van der Waals surface area contributed by atoms with E-state index in [2.05, 4.69) is 24.0 Å². The Morgan fingerprint density at radius 3 is 2.69 bits per heavy atom. The van der Waals surface area contributed by atoms with Gasteiger partial charge in [-0.3, -0.25) is 0 Å². The second-order valence-electron chi connectivity index (χ2n) is 9.92. The van der Waals surface area contributed by atoms with Crippen molar-refractivity contribution in [3.05, 3.63) is 23.8 Å². The molecule has 1 saturated heterocycles. The largest absolute Gasteiger partial charge is 0.392 e. The Hall–Kier alpha value is -0.640. The fraction of sp³-hybridized carbons (Fsp3) is 0.846. The summed E-state index contributed by atoms with van der Waals surface area (Å²) in [6, 6.07) is 0. The van der Waals surface area contributed by atoms with Gasteiger partial charge in [0.05, 0.1) is 12.2 Å². The first-order valence-corrected chi connectivity index (χ1v) is 12.6. The van der Waals surface area contributed by atoms with Crippen molar-refractivity contribution < 1.29 is 10.2 Å².